The highest BCUT2D eigenvalue weighted by Crippen LogP contribution is 2.39. The zero-order valence-electron chi connectivity index (χ0n) is 14.1. The van der Waals surface area contributed by atoms with Crippen LogP contribution in [-0.2, 0) is 0 Å². The fraction of sp³-hybridized carbons (Fsp3) is 1.00. The fourth-order valence-electron chi connectivity index (χ4n) is 4.16. The van der Waals surface area contributed by atoms with Crippen molar-refractivity contribution >= 4 is 11.8 Å². The van der Waals surface area contributed by atoms with Crippen LogP contribution in [0.25, 0.3) is 0 Å². The van der Waals surface area contributed by atoms with E-state index in [1.165, 1.54) is 57.9 Å². The molecule has 0 aliphatic heterocycles. The van der Waals surface area contributed by atoms with Gasteiger partial charge in [-0.2, -0.15) is 11.8 Å². The molecule has 1 N–H and O–H groups in total. The molecule has 2 atom stereocenters. The van der Waals surface area contributed by atoms with Gasteiger partial charge in [-0.3, -0.25) is 0 Å². The molecule has 2 aliphatic rings. The summed E-state index contributed by atoms with van der Waals surface area (Å²) in [6.45, 7) is 8.53. The number of nitrogens with one attached hydrogen (secondary N) is 1. The molecule has 2 heteroatoms. The molecule has 0 heterocycles. The van der Waals surface area contributed by atoms with Gasteiger partial charge in [0.1, 0.15) is 0 Å². The Kier molecular flexibility index (Phi) is 6.28. The lowest BCUT2D eigenvalue weighted by Gasteiger charge is -2.38. The van der Waals surface area contributed by atoms with Crippen molar-refractivity contribution in [1.82, 2.24) is 5.32 Å². The minimum atomic E-state index is 0.520. The average molecular weight is 298 g/mol. The summed E-state index contributed by atoms with van der Waals surface area (Å²) in [6, 6.07) is 0.791. The largest absolute Gasteiger partial charge is 0.313 e. The standard InChI is InChI=1S/C18H35NS/c1-18(2,3)15-11-9-14(10-12-15)13-19-16-7-5-6-8-17(16)20-4/h14-17,19H,5-13H2,1-4H3. The van der Waals surface area contributed by atoms with E-state index in [9.17, 15) is 0 Å². The molecule has 0 amide bonds. The lowest BCUT2D eigenvalue weighted by Crippen LogP contribution is -2.43. The van der Waals surface area contributed by atoms with Gasteiger partial charge in [-0.05, 0) is 68.6 Å². The Morgan fingerprint density at radius 1 is 0.950 bits per heavy atom. The van der Waals surface area contributed by atoms with Crippen LogP contribution < -0.4 is 5.32 Å². The fourth-order valence-corrected chi connectivity index (χ4v) is 5.13. The normalized spacial score (nSPS) is 36.0. The van der Waals surface area contributed by atoms with Gasteiger partial charge in [-0.25, -0.2) is 0 Å². The second-order valence-corrected chi connectivity index (χ2v) is 9.23. The lowest BCUT2D eigenvalue weighted by molar-refractivity contribution is 0.146. The molecule has 0 aromatic heterocycles. The van der Waals surface area contributed by atoms with Crippen LogP contribution >= 0.6 is 11.8 Å². The Hall–Kier alpha value is 0.310. The summed E-state index contributed by atoms with van der Waals surface area (Å²) in [5.41, 5.74) is 0.520. The molecule has 0 spiro atoms. The van der Waals surface area contributed by atoms with Crippen molar-refractivity contribution in [2.45, 2.75) is 83.4 Å². The Balaban J connectivity index is 1.70. The lowest BCUT2D eigenvalue weighted by atomic mass is 9.70. The maximum absolute atomic E-state index is 3.93. The summed E-state index contributed by atoms with van der Waals surface area (Å²) in [5, 5.41) is 4.80. The Morgan fingerprint density at radius 2 is 1.60 bits per heavy atom. The van der Waals surface area contributed by atoms with Crippen LogP contribution in [0.3, 0.4) is 0 Å². The Bertz CT molecular complexity index is 276. The van der Waals surface area contributed by atoms with Crippen molar-refractivity contribution in [3.63, 3.8) is 0 Å². The Morgan fingerprint density at radius 3 is 2.20 bits per heavy atom. The van der Waals surface area contributed by atoms with E-state index < -0.39 is 0 Å². The number of hydrogen-bond donors (Lipinski definition) is 1. The van der Waals surface area contributed by atoms with E-state index in [1.54, 1.807) is 0 Å². The van der Waals surface area contributed by atoms with Crippen LogP contribution in [0.4, 0.5) is 0 Å². The zero-order chi connectivity index (χ0) is 14.6. The molecule has 118 valence electrons. The van der Waals surface area contributed by atoms with E-state index in [2.05, 4.69) is 44.1 Å². The van der Waals surface area contributed by atoms with Crippen molar-refractivity contribution in [3.8, 4) is 0 Å². The van der Waals surface area contributed by atoms with Crippen molar-refractivity contribution in [2.24, 2.45) is 17.3 Å². The van der Waals surface area contributed by atoms with Crippen LogP contribution in [0, 0.1) is 17.3 Å². The maximum Gasteiger partial charge on any atom is 0.0198 e. The van der Waals surface area contributed by atoms with Gasteiger partial charge < -0.3 is 5.32 Å². The molecule has 0 aromatic carbocycles. The van der Waals surface area contributed by atoms with Gasteiger partial charge >= 0.3 is 0 Å². The molecule has 1 nitrogen and oxygen atoms in total. The van der Waals surface area contributed by atoms with E-state index in [1.807, 2.05) is 0 Å². The van der Waals surface area contributed by atoms with E-state index >= 15 is 0 Å². The first-order chi connectivity index (χ1) is 9.50. The van der Waals surface area contributed by atoms with Crippen molar-refractivity contribution in [1.29, 1.82) is 0 Å². The van der Waals surface area contributed by atoms with Gasteiger partial charge in [0, 0.05) is 11.3 Å². The van der Waals surface area contributed by atoms with Crippen molar-refractivity contribution in [3.05, 3.63) is 0 Å². The van der Waals surface area contributed by atoms with Crippen molar-refractivity contribution < 1.29 is 0 Å². The summed E-state index contributed by atoms with van der Waals surface area (Å²) < 4.78 is 0. The molecule has 0 aromatic rings. The van der Waals surface area contributed by atoms with Gasteiger partial charge in [0.25, 0.3) is 0 Å². The summed E-state index contributed by atoms with van der Waals surface area (Å²) in [5.74, 6) is 1.89. The monoisotopic (exact) mass is 297 g/mol. The molecule has 0 bridgehead atoms. The van der Waals surface area contributed by atoms with Gasteiger partial charge in [-0.1, -0.05) is 33.6 Å². The smallest absolute Gasteiger partial charge is 0.0198 e. The molecule has 2 saturated carbocycles. The first-order valence-electron chi connectivity index (χ1n) is 8.77. The summed E-state index contributed by atoms with van der Waals surface area (Å²) in [4.78, 5) is 0. The molecule has 2 aliphatic carbocycles. The van der Waals surface area contributed by atoms with Gasteiger partial charge in [0.2, 0.25) is 0 Å². The third-order valence-corrected chi connectivity index (χ3v) is 6.92. The van der Waals surface area contributed by atoms with Gasteiger partial charge in [0.15, 0.2) is 0 Å². The van der Waals surface area contributed by atoms with Crippen LogP contribution in [0.1, 0.15) is 72.1 Å². The predicted molar refractivity (Wildman–Crippen MR) is 92.5 cm³/mol. The van der Waals surface area contributed by atoms with E-state index in [0.717, 1.165) is 23.1 Å². The molecule has 0 saturated heterocycles. The maximum atomic E-state index is 3.93. The van der Waals surface area contributed by atoms with Crippen LogP contribution in [-0.4, -0.2) is 24.1 Å². The van der Waals surface area contributed by atoms with Gasteiger partial charge in [0.05, 0.1) is 0 Å². The predicted octanol–water partition coefficient (Wildman–Crippen LogP) is 5.10. The van der Waals surface area contributed by atoms with E-state index in [0.29, 0.717) is 5.41 Å². The quantitative estimate of drug-likeness (QED) is 0.774. The number of thioether (sulfide) groups is 1. The molecule has 20 heavy (non-hydrogen) atoms. The molecule has 0 radical (unpaired) electrons. The summed E-state index contributed by atoms with van der Waals surface area (Å²) >= 11 is 2.08. The van der Waals surface area contributed by atoms with E-state index in [4.69, 9.17) is 0 Å². The molecular weight excluding hydrogens is 262 g/mol. The average Bonchev–Trinajstić information content (AvgIpc) is 2.45. The van der Waals surface area contributed by atoms with E-state index in [-0.39, 0.29) is 0 Å². The molecule has 2 fully saturated rings. The highest BCUT2D eigenvalue weighted by molar-refractivity contribution is 7.99. The summed E-state index contributed by atoms with van der Waals surface area (Å²) in [7, 11) is 0. The van der Waals surface area contributed by atoms with Gasteiger partial charge in [-0.15, -0.1) is 0 Å². The van der Waals surface area contributed by atoms with Crippen molar-refractivity contribution in [2.75, 3.05) is 12.8 Å². The third-order valence-electron chi connectivity index (χ3n) is 5.75. The third kappa shape index (κ3) is 4.66. The molecular formula is C18H35NS. The van der Waals surface area contributed by atoms with Crippen LogP contribution in [0.5, 0.6) is 0 Å². The second kappa shape index (κ2) is 7.54. The highest BCUT2D eigenvalue weighted by atomic mass is 32.2. The SMILES string of the molecule is CSC1CCCCC1NCC1CCC(C(C)(C)C)CC1. The first-order valence-corrected chi connectivity index (χ1v) is 10.1. The first kappa shape index (κ1) is 16.7. The topological polar surface area (TPSA) is 12.0 Å². The van der Waals surface area contributed by atoms with Crippen LogP contribution in [0.2, 0.25) is 0 Å². The molecule has 2 rings (SSSR count). The van der Waals surface area contributed by atoms with Crippen LogP contribution in [0.15, 0.2) is 0 Å². The highest BCUT2D eigenvalue weighted by Gasteiger charge is 2.30. The summed E-state index contributed by atoms with van der Waals surface area (Å²) in [6.07, 6.45) is 13.8. The zero-order valence-corrected chi connectivity index (χ0v) is 14.9. The minimum Gasteiger partial charge on any atom is -0.313 e. The number of rotatable bonds is 4. The molecule has 2 unspecified atom stereocenters. The minimum absolute atomic E-state index is 0.520. The second-order valence-electron chi connectivity index (χ2n) is 8.16. The number of hydrogen-bond acceptors (Lipinski definition) is 2. The Labute approximate surface area is 131 Å².